The average Bonchev–Trinajstić information content (AvgIpc) is 3.40. The van der Waals surface area contributed by atoms with Crippen molar-refractivity contribution >= 4 is 34.8 Å². The Kier molecular flexibility index (Phi) is 6.79. The van der Waals surface area contributed by atoms with Crippen LogP contribution in [0.4, 0.5) is 5.69 Å². The maximum absolute atomic E-state index is 13.8. The summed E-state index contributed by atoms with van der Waals surface area (Å²) >= 11 is 0. The molecule has 0 spiro atoms. The monoisotopic (exact) mass is 508 g/mol. The Morgan fingerprint density at radius 3 is 2.50 bits per heavy atom. The second-order valence-corrected chi connectivity index (χ2v) is 9.96. The number of hydrogen-bond donors (Lipinski definition) is 3. The second-order valence-electron chi connectivity index (χ2n) is 9.96. The number of H-pyrrole nitrogens is 1. The number of pyridine rings is 1. The molecule has 2 aromatic carbocycles. The van der Waals surface area contributed by atoms with Crippen LogP contribution in [0, 0.1) is 0 Å². The molecule has 8 heteroatoms. The Morgan fingerprint density at radius 2 is 1.71 bits per heavy atom. The molecule has 2 saturated heterocycles. The van der Waals surface area contributed by atoms with E-state index in [0.29, 0.717) is 30.0 Å². The third-order valence-corrected chi connectivity index (χ3v) is 7.38. The highest BCUT2D eigenvalue weighted by molar-refractivity contribution is 6.09. The Labute approximate surface area is 222 Å². The Balaban J connectivity index is 1.38. The number of anilines is 1. The van der Waals surface area contributed by atoms with Crippen LogP contribution in [0.3, 0.4) is 0 Å². The van der Waals surface area contributed by atoms with Gasteiger partial charge >= 0.3 is 0 Å². The van der Waals surface area contributed by atoms with Crippen LogP contribution in [-0.4, -0.2) is 70.4 Å². The topological polar surface area (TPSA) is 97.4 Å². The van der Waals surface area contributed by atoms with Crippen molar-refractivity contribution < 1.29 is 9.90 Å². The van der Waals surface area contributed by atoms with Crippen molar-refractivity contribution in [1.29, 1.82) is 0 Å². The van der Waals surface area contributed by atoms with Gasteiger partial charge in [-0.05, 0) is 73.4 Å². The van der Waals surface area contributed by atoms with Crippen LogP contribution < -0.4 is 10.2 Å². The maximum Gasteiger partial charge on any atom is 0.254 e. The van der Waals surface area contributed by atoms with Crippen molar-refractivity contribution in [2.24, 2.45) is 0 Å². The van der Waals surface area contributed by atoms with Gasteiger partial charge in [-0.2, -0.15) is 5.10 Å². The van der Waals surface area contributed by atoms with E-state index >= 15 is 0 Å². The van der Waals surface area contributed by atoms with E-state index in [1.807, 2.05) is 17.0 Å². The Bertz CT molecular complexity index is 1460. The lowest BCUT2D eigenvalue weighted by Gasteiger charge is -2.29. The number of fused-ring (bicyclic) bond motifs is 1. The molecular weight excluding hydrogens is 476 g/mol. The lowest BCUT2D eigenvalue weighted by atomic mass is 10.0. The number of hydrogen-bond acceptors (Lipinski definition) is 6. The standard InChI is InChI=1S/C30H32N6O2/c37-24-10-8-22(9-11-24)27-20-25(30(38)36-17-13-31-14-18-36)28-26(33-34-29(28)32-27)12-7-21-5-4-6-23(19-21)35-15-2-1-3-16-35/h4-12,19-20,31,37H,1-3,13-18H2,(H,32,33,34). The fourth-order valence-corrected chi connectivity index (χ4v) is 5.31. The molecule has 0 bridgehead atoms. The summed E-state index contributed by atoms with van der Waals surface area (Å²) in [6, 6.07) is 17.3. The van der Waals surface area contributed by atoms with Gasteiger partial charge in [0.05, 0.1) is 22.3 Å². The van der Waals surface area contributed by atoms with Crippen molar-refractivity contribution in [3.63, 3.8) is 0 Å². The normalized spacial score (nSPS) is 16.4. The van der Waals surface area contributed by atoms with Gasteiger partial charge in [0.15, 0.2) is 5.65 Å². The van der Waals surface area contributed by atoms with Crippen LogP contribution in [0.25, 0.3) is 34.4 Å². The molecule has 1 amide bonds. The minimum absolute atomic E-state index is 0.0259. The number of piperazine rings is 1. The predicted octanol–water partition coefficient (Wildman–Crippen LogP) is 4.54. The van der Waals surface area contributed by atoms with Crippen molar-refractivity contribution in [1.82, 2.24) is 25.4 Å². The quantitative estimate of drug-likeness (QED) is 0.366. The van der Waals surface area contributed by atoms with Gasteiger partial charge in [-0.1, -0.05) is 18.2 Å². The zero-order valence-electron chi connectivity index (χ0n) is 21.4. The van der Waals surface area contributed by atoms with Gasteiger partial charge in [0.2, 0.25) is 0 Å². The molecule has 2 aliphatic rings. The van der Waals surface area contributed by atoms with Crippen molar-refractivity contribution in [2.75, 3.05) is 44.2 Å². The van der Waals surface area contributed by atoms with E-state index in [9.17, 15) is 9.90 Å². The number of nitrogens with zero attached hydrogens (tertiary/aromatic N) is 4. The van der Waals surface area contributed by atoms with Crippen LogP contribution in [0.15, 0.2) is 54.6 Å². The Hall–Kier alpha value is -4.17. The molecule has 2 fully saturated rings. The van der Waals surface area contributed by atoms with Gasteiger partial charge in [-0.3, -0.25) is 9.89 Å². The fourth-order valence-electron chi connectivity index (χ4n) is 5.31. The minimum atomic E-state index is -0.0259. The van der Waals surface area contributed by atoms with E-state index in [0.717, 1.165) is 48.4 Å². The van der Waals surface area contributed by atoms with Gasteiger partial charge in [-0.25, -0.2) is 4.98 Å². The van der Waals surface area contributed by atoms with E-state index in [4.69, 9.17) is 4.98 Å². The summed E-state index contributed by atoms with van der Waals surface area (Å²) in [5, 5.41) is 21.4. The molecule has 4 heterocycles. The largest absolute Gasteiger partial charge is 0.508 e. The SMILES string of the molecule is O=C(c1cc(-c2ccc(O)cc2)nc2n[nH]c(C=Cc3cccc(N4CCCCC4)c3)c12)N1CCNCC1. The molecule has 4 aromatic rings. The highest BCUT2D eigenvalue weighted by atomic mass is 16.3. The molecule has 0 unspecified atom stereocenters. The van der Waals surface area contributed by atoms with Crippen molar-refractivity contribution in [3.8, 4) is 17.0 Å². The van der Waals surface area contributed by atoms with Gasteiger partial charge < -0.3 is 20.2 Å². The first-order valence-electron chi connectivity index (χ1n) is 13.4. The summed E-state index contributed by atoms with van der Waals surface area (Å²) in [6.07, 6.45) is 7.83. The third-order valence-electron chi connectivity index (χ3n) is 7.38. The number of aromatic nitrogens is 3. The summed E-state index contributed by atoms with van der Waals surface area (Å²) in [5.41, 5.74) is 5.63. The van der Waals surface area contributed by atoms with E-state index < -0.39 is 0 Å². The fraction of sp³-hybridized carbons (Fsp3) is 0.300. The van der Waals surface area contributed by atoms with Crippen molar-refractivity contribution in [3.05, 3.63) is 71.4 Å². The van der Waals surface area contributed by atoms with E-state index in [1.54, 1.807) is 24.3 Å². The smallest absolute Gasteiger partial charge is 0.254 e. The van der Waals surface area contributed by atoms with Gasteiger partial charge in [0.1, 0.15) is 5.75 Å². The Morgan fingerprint density at radius 1 is 0.921 bits per heavy atom. The number of piperidine rings is 1. The maximum atomic E-state index is 13.8. The number of nitrogens with one attached hydrogen (secondary N) is 2. The first-order chi connectivity index (χ1) is 18.7. The molecule has 194 valence electrons. The minimum Gasteiger partial charge on any atom is -0.508 e. The van der Waals surface area contributed by atoms with Crippen LogP contribution >= 0.6 is 0 Å². The molecule has 3 N–H and O–H groups in total. The molecule has 6 rings (SSSR count). The number of amides is 1. The number of carbonyl (C=O) groups excluding carboxylic acids is 1. The van der Waals surface area contributed by atoms with E-state index in [-0.39, 0.29) is 11.7 Å². The number of aromatic amines is 1. The van der Waals surface area contributed by atoms with Crippen LogP contribution in [0.1, 0.15) is 40.9 Å². The highest BCUT2D eigenvalue weighted by Gasteiger charge is 2.24. The summed E-state index contributed by atoms with van der Waals surface area (Å²) in [4.78, 5) is 22.9. The summed E-state index contributed by atoms with van der Waals surface area (Å²) in [7, 11) is 0. The number of carbonyl (C=O) groups is 1. The number of phenols is 1. The molecule has 0 aliphatic carbocycles. The number of aromatic hydroxyl groups is 1. The predicted molar refractivity (Wildman–Crippen MR) is 151 cm³/mol. The molecule has 8 nitrogen and oxygen atoms in total. The van der Waals surface area contributed by atoms with Crippen LogP contribution in [0.2, 0.25) is 0 Å². The molecule has 38 heavy (non-hydrogen) atoms. The summed E-state index contributed by atoms with van der Waals surface area (Å²) < 4.78 is 0. The average molecular weight is 509 g/mol. The lowest BCUT2D eigenvalue weighted by Crippen LogP contribution is -2.46. The zero-order chi connectivity index (χ0) is 25.9. The second kappa shape index (κ2) is 10.7. The molecule has 2 aromatic heterocycles. The molecular formula is C30H32N6O2. The van der Waals surface area contributed by atoms with Gasteiger partial charge in [0, 0.05) is 50.5 Å². The van der Waals surface area contributed by atoms with E-state index in [2.05, 4.69) is 50.8 Å². The summed E-state index contributed by atoms with van der Waals surface area (Å²) in [6.45, 7) is 5.06. The van der Waals surface area contributed by atoms with Gasteiger partial charge in [-0.15, -0.1) is 0 Å². The number of benzene rings is 2. The van der Waals surface area contributed by atoms with Gasteiger partial charge in [0.25, 0.3) is 5.91 Å². The van der Waals surface area contributed by atoms with Crippen LogP contribution in [0.5, 0.6) is 5.75 Å². The zero-order valence-corrected chi connectivity index (χ0v) is 21.4. The first-order valence-corrected chi connectivity index (χ1v) is 13.4. The molecule has 0 radical (unpaired) electrons. The first kappa shape index (κ1) is 24.2. The molecule has 0 saturated carbocycles. The molecule has 0 atom stereocenters. The van der Waals surface area contributed by atoms with Crippen LogP contribution in [-0.2, 0) is 0 Å². The number of rotatable bonds is 5. The van der Waals surface area contributed by atoms with Crippen molar-refractivity contribution in [2.45, 2.75) is 19.3 Å². The molecule has 2 aliphatic heterocycles. The highest BCUT2D eigenvalue weighted by Crippen LogP contribution is 2.29. The number of phenolic OH excluding ortho intramolecular Hbond substituents is 1. The van der Waals surface area contributed by atoms with E-state index in [1.165, 1.54) is 24.9 Å². The lowest BCUT2D eigenvalue weighted by molar-refractivity contribution is 0.0737. The third kappa shape index (κ3) is 4.99. The summed E-state index contributed by atoms with van der Waals surface area (Å²) in [5.74, 6) is 0.158.